The number of benzene rings is 1. The molecule has 0 aliphatic carbocycles. The molecule has 1 aromatic carbocycles. The molecule has 4 aromatic heterocycles. The molecule has 1 fully saturated rings. The van der Waals surface area contributed by atoms with Crippen molar-refractivity contribution in [1.29, 1.82) is 0 Å². The smallest absolute Gasteiger partial charge is 0.261 e. The monoisotopic (exact) mass is 499 g/mol. The van der Waals surface area contributed by atoms with Crippen LogP contribution in [0.1, 0.15) is 30.8 Å². The van der Waals surface area contributed by atoms with Crippen molar-refractivity contribution in [2.45, 2.75) is 26.3 Å². The lowest BCUT2D eigenvalue weighted by Gasteiger charge is -2.30. The number of fused-ring (bicyclic) bond motifs is 2. The number of morpholine rings is 1. The van der Waals surface area contributed by atoms with E-state index in [1.165, 1.54) is 0 Å². The molecule has 1 atom stereocenters. The van der Waals surface area contributed by atoms with E-state index < -0.39 is 0 Å². The van der Waals surface area contributed by atoms with Crippen LogP contribution in [-0.4, -0.2) is 61.0 Å². The SMILES string of the molecule is CC[C@H](Nc1c(-c2nc3cc(C)c(N4CCOCC4)cc3[nH]2)c(=O)[nH]c2cn(C)nc12)c1ncccn1. The third-order valence-electron chi connectivity index (χ3n) is 6.80. The first-order chi connectivity index (χ1) is 18.0. The highest BCUT2D eigenvalue weighted by Gasteiger charge is 2.24. The lowest BCUT2D eigenvalue weighted by atomic mass is 10.1. The predicted octanol–water partition coefficient (Wildman–Crippen LogP) is 3.30. The average molecular weight is 500 g/mol. The molecule has 11 heteroatoms. The van der Waals surface area contributed by atoms with Crippen LogP contribution in [-0.2, 0) is 11.8 Å². The Morgan fingerprint density at radius 1 is 1.14 bits per heavy atom. The first-order valence-corrected chi connectivity index (χ1v) is 12.5. The van der Waals surface area contributed by atoms with Crippen molar-refractivity contribution in [3.8, 4) is 11.4 Å². The summed E-state index contributed by atoms with van der Waals surface area (Å²) in [7, 11) is 1.83. The number of aryl methyl sites for hydroxylation is 2. The van der Waals surface area contributed by atoms with Crippen molar-refractivity contribution in [1.82, 2.24) is 34.7 Å². The molecule has 0 saturated carbocycles. The number of H-pyrrole nitrogens is 2. The molecule has 37 heavy (non-hydrogen) atoms. The molecule has 5 aromatic rings. The van der Waals surface area contributed by atoms with Gasteiger partial charge in [-0.15, -0.1) is 0 Å². The van der Waals surface area contributed by atoms with Crippen molar-refractivity contribution in [2.24, 2.45) is 7.05 Å². The van der Waals surface area contributed by atoms with E-state index >= 15 is 0 Å². The maximum absolute atomic E-state index is 13.5. The van der Waals surface area contributed by atoms with Gasteiger partial charge in [-0.2, -0.15) is 5.10 Å². The summed E-state index contributed by atoms with van der Waals surface area (Å²) in [5, 5.41) is 8.17. The second kappa shape index (κ2) is 9.32. The van der Waals surface area contributed by atoms with Crippen LogP contribution in [0.25, 0.3) is 33.5 Å². The van der Waals surface area contributed by atoms with Crippen LogP contribution in [0.15, 0.2) is 41.6 Å². The van der Waals surface area contributed by atoms with Crippen LogP contribution in [0.2, 0.25) is 0 Å². The molecule has 0 spiro atoms. The predicted molar refractivity (Wildman–Crippen MR) is 143 cm³/mol. The Morgan fingerprint density at radius 2 is 1.92 bits per heavy atom. The van der Waals surface area contributed by atoms with E-state index in [0.717, 1.165) is 35.4 Å². The van der Waals surface area contributed by atoms with E-state index in [1.807, 2.05) is 14.0 Å². The minimum absolute atomic E-state index is 0.216. The first kappa shape index (κ1) is 23.2. The molecule has 1 saturated heterocycles. The highest BCUT2D eigenvalue weighted by molar-refractivity contribution is 5.97. The van der Waals surface area contributed by atoms with Gasteiger partial charge in [0, 0.05) is 44.4 Å². The molecule has 0 radical (unpaired) electrons. The minimum atomic E-state index is -0.254. The number of nitrogens with one attached hydrogen (secondary N) is 3. The second-order valence-electron chi connectivity index (χ2n) is 9.32. The van der Waals surface area contributed by atoms with Gasteiger partial charge in [-0.25, -0.2) is 15.0 Å². The number of rotatable bonds is 6. The van der Waals surface area contributed by atoms with E-state index in [9.17, 15) is 4.79 Å². The van der Waals surface area contributed by atoms with Gasteiger partial charge in [0.1, 0.15) is 22.7 Å². The van der Waals surface area contributed by atoms with Crippen LogP contribution < -0.4 is 15.8 Å². The first-order valence-electron chi connectivity index (χ1n) is 12.5. The zero-order valence-corrected chi connectivity index (χ0v) is 21.1. The fourth-order valence-corrected chi connectivity index (χ4v) is 4.97. The molecule has 6 rings (SSSR count). The van der Waals surface area contributed by atoms with Gasteiger partial charge < -0.3 is 24.9 Å². The van der Waals surface area contributed by atoms with Gasteiger partial charge in [0.25, 0.3) is 5.56 Å². The van der Waals surface area contributed by atoms with Gasteiger partial charge in [0.05, 0.1) is 41.5 Å². The molecule has 190 valence electrons. The van der Waals surface area contributed by atoms with E-state index in [4.69, 9.17) is 9.72 Å². The Hall–Kier alpha value is -4.25. The summed E-state index contributed by atoms with van der Waals surface area (Å²) < 4.78 is 7.21. The van der Waals surface area contributed by atoms with Gasteiger partial charge in [-0.3, -0.25) is 9.48 Å². The maximum Gasteiger partial charge on any atom is 0.261 e. The Bertz CT molecular complexity index is 1630. The van der Waals surface area contributed by atoms with Gasteiger partial charge in [0.15, 0.2) is 0 Å². The Balaban J connectivity index is 1.50. The number of pyridine rings is 1. The molecule has 1 aliphatic heterocycles. The third kappa shape index (κ3) is 4.20. The fraction of sp³-hybridized carbons (Fsp3) is 0.346. The van der Waals surface area contributed by atoms with E-state index in [1.54, 1.807) is 29.3 Å². The Labute approximate surface area is 212 Å². The van der Waals surface area contributed by atoms with Gasteiger partial charge >= 0.3 is 0 Å². The van der Waals surface area contributed by atoms with E-state index in [2.05, 4.69) is 54.3 Å². The van der Waals surface area contributed by atoms with Crippen molar-refractivity contribution in [3.05, 3.63) is 58.5 Å². The summed E-state index contributed by atoms with van der Waals surface area (Å²) in [5.41, 5.74) is 5.99. The summed E-state index contributed by atoms with van der Waals surface area (Å²) >= 11 is 0. The zero-order valence-electron chi connectivity index (χ0n) is 21.1. The second-order valence-corrected chi connectivity index (χ2v) is 9.32. The standard InChI is InChI=1S/C26H29N9O2/c1-4-16(24-27-6-5-7-28-24)29-23-21(26(36)32-19-14-34(3)33-22(19)23)25-30-17-12-15(2)20(13-18(17)31-25)35-8-10-37-11-9-35/h5-7,12-14,16,29H,4,8-11H2,1-3H3,(H,30,31)(H,32,36)/t16-/m0/s1. The van der Waals surface area contributed by atoms with Crippen LogP contribution in [0.5, 0.6) is 0 Å². The number of aromatic nitrogens is 7. The number of imidazole rings is 1. The summed E-state index contributed by atoms with van der Waals surface area (Å²) in [5.74, 6) is 1.13. The van der Waals surface area contributed by atoms with Crippen molar-refractivity contribution >= 4 is 33.4 Å². The molecular weight excluding hydrogens is 470 g/mol. The minimum Gasteiger partial charge on any atom is -0.378 e. The summed E-state index contributed by atoms with van der Waals surface area (Å²) in [6, 6.07) is 5.74. The number of hydrogen-bond acceptors (Lipinski definition) is 8. The number of nitrogens with zero attached hydrogens (tertiary/aromatic N) is 6. The van der Waals surface area contributed by atoms with E-state index in [-0.39, 0.29) is 11.6 Å². The molecule has 3 N–H and O–H groups in total. The normalized spacial score (nSPS) is 14.9. The molecule has 0 unspecified atom stereocenters. The van der Waals surface area contributed by atoms with Gasteiger partial charge in [0.2, 0.25) is 0 Å². The number of hydrogen-bond donors (Lipinski definition) is 3. The van der Waals surface area contributed by atoms with Crippen LogP contribution >= 0.6 is 0 Å². The van der Waals surface area contributed by atoms with Crippen LogP contribution in [0.3, 0.4) is 0 Å². The van der Waals surface area contributed by atoms with Crippen molar-refractivity contribution < 1.29 is 4.74 Å². The van der Waals surface area contributed by atoms with Gasteiger partial charge in [-0.1, -0.05) is 6.92 Å². The largest absolute Gasteiger partial charge is 0.378 e. The Morgan fingerprint density at radius 3 is 2.68 bits per heavy atom. The third-order valence-corrected chi connectivity index (χ3v) is 6.80. The fourth-order valence-electron chi connectivity index (χ4n) is 4.97. The summed E-state index contributed by atoms with van der Waals surface area (Å²) in [6.07, 6.45) is 5.94. The molecule has 0 bridgehead atoms. The topological polar surface area (TPSA) is 130 Å². The summed E-state index contributed by atoms with van der Waals surface area (Å²) in [6.45, 7) is 7.25. The number of aromatic amines is 2. The average Bonchev–Trinajstić information content (AvgIpc) is 3.49. The van der Waals surface area contributed by atoms with Crippen molar-refractivity contribution in [2.75, 3.05) is 36.5 Å². The molecule has 0 amide bonds. The highest BCUT2D eigenvalue weighted by atomic mass is 16.5. The zero-order chi connectivity index (χ0) is 25.5. The lowest BCUT2D eigenvalue weighted by Crippen LogP contribution is -2.36. The number of ether oxygens (including phenoxy) is 1. The van der Waals surface area contributed by atoms with Gasteiger partial charge in [-0.05, 0) is 37.1 Å². The highest BCUT2D eigenvalue weighted by Crippen LogP contribution is 2.34. The molecule has 11 nitrogen and oxygen atoms in total. The van der Waals surface area contributed by atoms with Crippen molar-refractivity contribution in [3.63, 3.8) is 0 Å². The van der Waals surface area contributed by atoms with Crippen LogP contribution in [0, 0.1) is 6.92 Å². The quantitative estimate of drug-likeness (QED) is 0.325. The van der Waals surface area contributed by atoms with Crippen LogP contribution in [0.4, 0.5) is 11.4 Å². The molecular formula is C26H29N9O2. The summed E-state index contributed by atoms with van der Waals surface area (Å²) in [4.78, 5) is 35.9. The van der Waals surface area contributed by atoms with E-state index in [0.29, 0.717) is 53.6 Å². The lowest BCUT2D eigenvalue weighted by molar-refractivity contribution is 0.122. The molecule has 1 aliphatic rings. The number of anilines is 2. The maximum atomic E-state index is 13.5. The Kier molecular flexibility index (Phi) is 5.84. The molecule has 5 heterocycles.